The fourth-order valence-corrected chi connectivity index (χ4v) is 2.42. The van der Waals surface area contributed by atoms with Crippen molar-refractivity contribution in [1.82, 2.24) is 14.9 Å². The molecule has 1 aromatic heterocycles. The number of carbonyl (C=O) groups excluding carboxylic acids is 1. The van der Waals surface area contributed by atoms with Gasteiger partial charge >= 0.3 is 0 Å². The molecule has 0 saturated carbocycles. The third-order valence-electron chi connectivity index (χ3n) is 3.36. The highest BCUT2D eigenvalue weighted by Gasteiger charge is 2.10. The van der Waals surface area contributed by atoms with Crippen molar-refractivity contribution in [3.8, 4) is 5.75 Å². The molecule has 22 heavy (non-hydrogen) atoms. The van der Waals surface area contributed by atoms with Gasteiger partial charge in [-0.2, -0.15) is 0 Å². The lowest BCUT2D eigenvalue weighted by Gasteiger charge is -2.14. The summed E-state index contributed by atoms with van der Waals surface area (Å²) in [5.41, 5.74) is 1.14. The van der Waals surface area contributed by atoms with Gasteiger partial charge in [0.05, 0.1) is 0 Å². The Morgan fingerprint density at radius 2 is 2.05 bits per heavy atom. The second-order valence-electron chi connectivity index (χ2n) is 5.48. The number of nitrogens with one attached hydrogen (secondary N) is 1. The molecule has 0 fully saturated rings. The van der Waals surface area contributed by atoms with Gasteiger partial charge in [-0.3, -0.25) is 4.79 Å². The number of ether oxygens (including phenoxy) is 1. The zero-order chi connectivity index (χ0) is 15.9. The summed E-state index contributed by atoms with van der Waals surface area (Å²) in [5.74, 6) is 1.57. The topological polar surface area (TPSA) is 56.1 Å². The standard InChI is InChI=1S/C17H23N3O2/c1-13(2)20-14(3)11-19-16(20)9-10-18-17(21)12-22-15-7-5-4-6-8-15/h4-8,11,13H,9-10,12H2,1-3H3,(H,18,21). The number of aromatic nitrogens is 2. The van der Waals surface area contributed by atoms with Crippen LogP contribution in [0.2, 0.25) is 0 Å². The number of aryl methyl sites for hydroxylation is 1. The summed E-state index contributed by atoms with van der Waals surface area (Å²) in [7, 11) is 0. The molecular weight excluding hydrogens is 278 g/mol. The second kappa shape index (κ2) is 7.64. The van der Waals surface area contributed by atoms with E-state index < -0.39 is 0 Å². The molecule has 0 aliphatic heterocycles. The van der Waals surface area contributed by atoms with Gasteiger partial charge in [-0.05, 0) is 32.9 Å². The minimum Gasteiger partial charge on any atom is -0.484 e. The average Bonchev–Trinajstić information content (AvgIpc) is 2.87. The first-order chi connectivity index (χ1) is 10.6. The number of rotatable bonds is 7. The normalized spacial score (nSPS) is 10.7. The summed E-state index contributed by atoms with van der Waals surface area (Å²) in [6.45, 7) is 6.89. The third kappa shape index (κ3) is 4.35. The first-order valence-electron chi connectivity index (χ1n) is 7.55. The molecule has 2 rings (SSSR count). The quantitative estimate of drug-likeness (QED) is 0.855. The van der Waals surface area contributed by atoms with Crippen LogP contribution in [0.15, 0.2) is 36.5 Å². The number of imidazole rings is 1. The minimum absolute atomic E-state index is 0.0294. The van der Waals surface area contributed by atoms with E-state index in [4.69, 9.17) is 4.74 Å². The van der Waals surface area contributed by atoms with Gasteiger partial charge in [-0.15, -0.1) is 0 Å². The maximum absolute atomic E-state index is 11.8. The van der Waals surface area contributed by atoms with Crippen LogP contribution in [-0.4, -0.2) is 28.6 Å². The van der Waals surface area contributed by atoms with E-state index in [9.17, 15) is 4.79 Å². The van der Waals surface area contributed by atoms with Crippen molar-refractivity contribution < 1.29 is 9.53 Å². The van der Waals surface area contributed by atoms with E-state index in [0.717, 1.165) is 11.5 Å². The molecule has 0 unspecified atom stereocenters. The molecule has 1 heterocycles. The summed E-state index contributed by atoms with van der Waals surface area (Å²) < 4.78 is 7.59. The Morgan fingerprint density at radius 3 is 2.73 bits per heavy atom. The predicted molar refractivity (Wildman–Crippen MR) is 86.0 cm³/mol. The number of hydrogen-bond acceptors (Lipinski definition) is 3. The van der Waals surface area contributed by atoms with Crippen LogP contribution in [0, 0.1) is 6.92 Å². The molecule has 1 aromatic carbocycles. The molecule has 0 bridgehead atoms. The summed E-state index contributed by atoms with van der Waals surface area (Å²) in [6.07, 6.45) is 2.58. The molecule has 118 valence electrons. The van der Waals surface area contributed by atoms with Crippen LogP contribution in [-0.2, 0) is 11.2 Å². The van der Waals surface area contributed by atoms with Gasteiger partial charge in [-0.1, -0.05) is 18.2 Å². The Morgan fingerprint density at radius 1 is 1.32 bits per heavy atom. The van der Waals surface area contributed by atoms with Crippen molar-refractivity contribution in [3.05, 3.63) is 48.0 Å². The molecule has 0 saturated heterocycles. The molecule has 0 radical (unpaired) electrons. The number of carbonyl (C=O) groups is 1. The number of nitrogens with zero attached hydrogens (tertiary/aromatic N) is 2. The van der Waals surface area contributed by atoms with E-state index in [2.05, 4.69) is 28.7 Å². The van der Waals surface area contributed by atoms with E-state index in [1.165, 1.54) is 0 Å². The molecular formula is C17H23N3O2. The van der Waals surface area contributed by atoms with Crippen molar-refractivity contribution in [2.24, 2.45) is 0 Å². The first-order valence-corrected chi connectivity index (χ1v) is 7.55. The smallest absolute Gasteiger partial charge is 0.257 e. The molecule has 0 aliphatic rings. The van der Waals surface area contributed by atoms with Crippen LogP contribution < -0.4 is 10.1 Å². The Balaban J connectivity index is 1.75. The molecule has 0 atom stereocenters. The van der Waals surface area contributed by atoms with Gasteiger partial charge in [-0.25, -0.2) is 4.98 Å². The number of hydrogen-bond donors (Lipinski definition) is 1. The zero-order valence-electron chi connectivity index (χ0n) is 13.4. The molecule has 2 aromatic rings. The lowest BCUT2D eigenvalue weighted by atomic mass is 10.3. The van der Waals surface area contributed by atoms with Crippen LogP contribution in [0.3, 0.4) is 0 Å². The summed E-state index contributed by atoms with van der Waals surface area (Å²) in [6, 6.07) is 9.69. The molecule has 0 aliphatic carbocycles. The van der Waals surface area contributed by atoms with Crippen molar-refractivity contribution in [3.63, 3.8) is 0 Å². The van der Waals surface area contributed by atoms with Crippen molar-refractivity contribution in [1.29, 1.82) is 0 Å². The van der Waals surface area contributed by atoms with Crippen LogP contribution in [0.1, 0.15) is 31.4 Å². The molecule has 0 spiro atoms. The molecule has 5 heteroatoms. The highest BCUT2D eigenvalue weighted by Crippen LogP contribution is 2.13. The highest BCUT2D eigenvalue weighted by atomic mass is 16.5. The summed E-state index contributed by atoms with van der Waals surface area (Å²) in [5, 5.41) is 2.86. The van der Waals surface area contributed by atoms with Crippen molar-refractivity contribution in [2.75, 3.05) is 13.2 Å². The van der Waals surface area contributed by atoms with E-state index >= 15 is 0 Å². The second-order valence-corrected chi connectivity index (χ2v) is 5.48. The molecule has 5 nitrogen and oxygen atoms in total. The van der Waals surface area contributed by atoms with Crippen LogP contribution in [0.25, 0.3) is 0 Å². The van der Waals surface area contributed by atoms with Crippen LogP contribution in [0.4, 0.5) is 0 Å². The van der Waals surface area contributed by atoms with Gasteiger partial charge in [0.1, 0.15) is 11.6 Å². The highest BCUT2D eigenvalue weighted by molar-refractivity contribution is 5.77. The molecule has 1 N–H and O–H groups in total. The predicted octanol–water partition coefficient (Wildman–Crippen LogP) is 2.51. The maximum atomic E-state index is 11.8. The number of benzene rings is 1. The first kappa shape index (κ1) is 16.1. The maximum Gasteiger partial charge on any atom is 0.257 e. The third-order valence-corrected chi connectivity index (χ3v) is 3.36. The molecule has 1 amide bonds. The Labute approximate surface area is 131 Å². The monoisotopic (exact) mass is 301 g/mol. The Bertz CT molecular complexity index is 606. The lowest BCUT2D eigenvalue weighted by Crippen LogP contribution is -2.31. The van der Waals surface area contributed by atoms with Gasteiger partial charge in [0.15, 0.2) is 6.61 Å². The average molecular weight is 301 g/mol. The van der Waals surface area contributed by atoms with Crippen molar-refractivity contribution in [2.45, 2.75) is 33.2 Å². The fourth-order valence-electron chi connectivity index (χ4n) is 2.42. The largest absolute Gasteiger partial charge is 0.484 e. The number of amides is 1. The lowest BCUT2D eigenvalue weighted by molar-refractivity contribution is -0.123. The van der Waals surface area contributed by atoms with Gasteiger partial charge in [0.2, 0.25) is 0 Å². The summed E-state index contributed by atoms with van der Waals surface area (Å²) in [4.78, 5) is 16.2. The minimum atomic E-state index is -0.122. The zero-order valence-corrected chi connectivity index (χ0v) is 13.4. The van der Waals surface area contributed by atoms with E-state index in [-0.39, 0.29) is 12.5 Å². The van der Waals surface area contributed by atoms with Gasteiger partial charge in [0, 0.05) is 30.9 Å². The van der Waals surface area contributed by atoms with E-state index in [1.807, 2.05) is 43.5 Å². The Kier molecular flexibility index (Phi) is 5.58. The van der Waals surface area contributed by atoms with Crippen LogP contribution >= 0.6 is 0 Å². The van der Waals surface area contributed by atoms with Gasteiger partial charge in [0.25, 0.3) is 5.91 Å². The summed E-state index contributed by atoms with van der Waals surface area (Å²) >= 11 is 0. The van der Waals surface area contributed by atoms with E-state index in [0.29, 0.717) is 24.8 Å². The van der Waals surface area contributed by atoms with E-state index in [1.54, 1.807) is 0 Å². The van der Waals surface area contributed by atoms with Gasteiger partial charge < -0.3 is 14.6 Å². The Hall–Kier alpha value is -2.30. The van der Waals surface area contributed by atoms with Crippen molar-refractivity contribution >= 4 is 5.91 Å². The fraction of sp³-hybridized carbons (Fsp3) is 0.412. The van der Waals surface area contributed by atoms with Crippen LogP contribution in [0.5, 0.6) is 5.75 Å². The SMILES string of the molecule is Cc1cnc(CCNC(=O)COc2ccccc2)n1C(C)C. The number of para-hydroxylation sites is 1.